The molecule has 4 saturated carbocycles. The van der Waals surface area contributed by atoms with Crippen molar-refractivity contribution in [1.29, 1.82) is 0 Å². The van der Waals surface area contributed by atoms with Gasteiger partial charge >= 0.3 is 0 Å². The highest BCUT2D eigenvalue weighted by Gasteiger charge is 2.62. The van der Waals surface area contributed by atoms with Gasteiger partial charge in [-0.2, -0.15) is 0 Å². The average Bonchev–Trinajstić information content (AvgIpc) is 3.56. The van der Waals surface area contributed by atoms with Gasteiger partial charge in [-0.15, -0.1) is 11.3 Å². The number of hydrogen-bond donors (Lipinski definition) is 0. The molecule has 0 saturated heterocycles. The molecule has 11 rings (SSSR count). The summed E-state index contributed by atoms with van der Waals surface area (Å²) in [6.45, 7) is 0. The van der Waals surface area contributed by atoms with E-state index in [-0.39, 0.29) is 5.41 Å². The lowest BCUT2D eigenvalue weighted by Crippen LogP contribution is -2.55. The van der Waals surface area contributed by atoms with E-state index in [1.165, 1.54) is 88.7 Å². The molecule has 0 N–H and O–H groups in total. The molecule has 1 spiro atoms. The summed E-state index contributed by atoms with van der Waals surface area (Å²) >= 11 is 10.1. The number of para-hydroxylation sites is 1. The fraction of sp³-hybridized carbons (Fsp3) is 0.294. The maximum Gasteiger partial charge on any atom is 0.144 e. The lowest BCUT2D eigenvalue weighted by molar-refractivity contribution is -0.0399. The third-order valence-electron chi connectivity index (χ3n) is 10.8. The Bertz CT molecular complexity index is 1870. The Balaban J connectivity index is 1.44. The number of furan rings is 1. The minimum absolute atomic E-state index is 0.0840. The standard InChI is InChI=1S/C34H24Br2OS/c35-24-14-22-30(32-28(24)20-5-1-3-7-26(20)37-32)31-23(34(22)18-10-16-9-17(12-18)13-19(34)11-16)15-25(36)29-21-6-2-4-8-27(21)38-33(29)31/h1-8,14-19H,9-13H2. The zero-order valence-corrected chi connectivity index (χ0v) is 24.7. The second-order valence-electron chi connectivity index (χ2n) is 12.3. The van der Waals surface area contributed by atoms with Crippen molar-refractivity contribution in [3.05, 3.63) is 80.7 Å². The molecule has 2 heterocycles. The van der Waals surface area contributed by atoms with Crippen LogP contribution in [0.15, 0.2) is 74.0 Å². The zero-order chi connectivity index (χ0) is 24.9. The third-order valence-corrected chi connectivity index (χ3v) is 13.2. The lowest BCUT2D eigenvalue weighted by Gasteiger charge is -2.61. The Kier molecular flexibility index (Phi) is 4.06. The summed E-state index contributed by atoms with van der Waals surface area (Å²) in [6, 6.07) is 22.5. The van der Waals surface area contributed by atoms with Crippen molar-refractivity contribution in [3.8, 4) is 11.1 Å². The van der Waals surface area contributed by atoms with E-state index in [0.29, 0.717) is 11.8 Å². The van der Waals surface area contributed by atoms with Crippen molar-refractivity contribution in [2.45, 2.75) is 37.5 Å². The summed E-state index contributed by atoms with van der Waals surface area (Å²) in [4.78, 5) is 0. The number of rotatable bonds is 0. The van der Waals surface area contributed by atoms with Crippen molar-refractivity contribution in [3.63, 3.8) is 0 Å². The van der Waals surface area contributed by atoms with Crippen LogP contribution in [0, 0.1) is 23.7 Å². The molecular weight excluding hydrogens is 616 g/mol. The third kappa shape index (κ3) is 2.38. The van der Waals surface area contributed by atoms with Gasteiger partial charge in [-0.25, -0.2) is 0 Å². The van der Waals surface area contributed by atoms with Crippen LogP contribution < -0.4 is 0 Å². The number of fused-ring (bicyclic) bond motifs is 11. The quantitative estimate of drug-likeness (QED) is 0.161. The van der Waals surface area contributed by atoms with Crippen LogP contribution in [0.1, 0.15) is 43.2 Å². The summed E-state index contributed by atoms with van der Waals surface area (Å²) < 4.78 is 12.1. The van der Waals surface area contributed by atoms with Gasteiger partial charge in [-0.05, 0) is 91.2 Å². The van der Waals surface area contributed by atoms with Crippen molar-refractivity contribution in [2.75, 3.05) is 0 Å². The molecule has 0 unspecified atom stereocenters. The van der Waals surface area contributed by atoms with Crippen molar-refractivity contribution < 1.29 is 4.42 Å². The van der Waals surface area contributed by atoms with Gasteiger partial charge in [0.15, 0.2) is 0 Å². The SMILES string of the molecule is Brc1cc2c(c3oc4ccccc4c13)-c1c(cc(Br)c3c1sc1ccccc13)C21C2CC3CC(C2)CC1C3. The van der Waals surface area contributed by atoms with Crippen LogP contribution in [0.3, 0.4) is 0 Å². The minimum atomic E-state index is 0.0840. The molecule has 1 nitrogen and oxygen atoms in total. The fourth-order valence-corrected chi connectivity index (χ4v) is 12.5. The van der Waals surface area contributed by atoms with Gasteiger partial charge < -0.3 is 4.42 Å². The fourth-order valence-electron chi connectivity index (χ4n) is 9.81. The molecule has 0 atom stereocenters. The second kappa shape index (κ2) is 7.13. The number of hydrogen-bond acceptors (Lipinski definition) is 2. The molecule has 0 aliphatic heterocycles. The predicted molar refractivity (Wildman–Crippen MR) is 165 cm³/mol. The first-order chi connectivity index (χ1) is 18.6. The van der Waals surface area contributed by atoms with Crippen LogP contribution in [0.4, 0.5) is 0 Å². The molecule has 0 amide bonds. The summed E-state index contributed by atoms with van der Waals surface area (Å²) in [5, 5.41) is 5.15. The predicted octanol–water partition coefficient (Wildman–Crippen LogP) is 11.2. The monoisotopic (exact) mass is 638 g/mol. The first-order valence-electron chi connectivity index (χ1n) is 13.9. The number of benzene rings is 4. The van der Waals surface area contributed by atoms with E-state index >= 15 is 0 Å². The first kappa shape index (κ1) is 21.7. The van der Waals surface area contributed by atoms with Gasteiger partial charge in [-0.1, -0.05) is 68.3 Å². The molecule has 4 fully saturated rings. The van der Waals surface area contributed by atoms with Crippen LogP contribution in [0.5, 0.6) is 0 Å². The molecule has 0 radical (unpaired) electrons. The molecule has 6 aromatic rings. The Morgan fingerprint density at radius 3 is 2.11 bits per heavy atom. The summed E-state index contributed by atoms with van der Waals surface area (Å²) in [7, 11) is 0. The first-order valence-corrected chi connectivity index (χ1v) is 16.3. The van der Waals surface area contributed by atoms with E-state index in [1.54, 1.807) is 5.56 Å². The Hall–Kier alpha value is -2.14. The summed E-state index contributed by atoms with van der Waals surface area (Å²) in [6.07, 6.45) is 6.98. The van der Waals surface area contributed by atoms with E-state index in [1.807, 2.05) is 11.3 Å². The van der Waals surface area contributed by atoms with E-state index < -0.39 is 0 Å². The molecule has 38 heavy (non-hydrogen) atoms. The highest BCUT2D eigenvalue weighted by molar-refractivity contribution is 9.11. The van der Waals surface area contributed by atoms with E-state index in [0.717, 1.165) is 23.0 Å². The maximum absolute atomic E-state index is 6.84. The summed E-state index contributed by atoms with van der Waals surface area (Å²) in [5.41, 5.74) is 8.09. The van der Waals surface area contributed by atoms with Crippen LogP contribution in [-0.4, -0.2) is 0 Å². The highest BCUT2D eigenvalue weighted by atomic mass is 79.9. The smallest absolute Gasteiger partial charge is 0.144 e. The summed E-state index contributed by atoms with van der Waals surface area (Å²) in [5.74, 6) is 3.27. The number of thiophene rings is 1. The van der Waals surface area contributed by atoms with E-state index in [9.17, 15) is 0 Å². The molecule has 186 valence electrons. The highest BCUT2D eigenvalue weighted by Crippen LogP contribution is 2.71. The van der Waals surface area contributed by atoms with Gasteiger partial charge in [0.1, 0.15) is 11.2 Å². The van der Waals surface area contributed by atoms with Gasteiger partial charge in [0, 0.05) is 56.4 Å². The van der Waals surface area contributed by atoms with Gasteiger partial charge in [0.05, 0.1) is 0 Å². The topological polar surface area (TPSA) is 13.1 Å². The Morgan fingerprint density at radius 2 is 1.34 bits per heavy atom. The second-order valence-corrected chi connectivity index (χ2v) is 15.1. The van der Waals surface area contributed by atoms with Gasteiger partial charge in [0.2, 0.25) is 0 Å². The number of halogens is 2. The van der Waals surface area contributed by atoms with Gasteiger partial charge in [-0.3, -0.25) is 0 Å². The molecule has 5 aliphatic rings. The van der Waals surface area contributed by atoms with Crippen molar-refractivity contribution >= 4 is 85.3 Å². The Morgan fingerprint density at radius 1 is 0.711 bits per heavy atom. The van der Waals surface area contributed by atoms with Crippen LogP contribution in [0.2, 0.25) is 0 Å². The van der Waals surface area contributed by atoms with Crippen molar-refractivity contribution in [1.82, 2.24) is 0 Å². The van der Waals surface area contributed by atoms with E-state index in [4.69, 9.17) is 4.42 Å². The van der Waals surface area contributed by atoms with E-state index in [2.05, 4.69) is 92.5 Å². The normalized spacial score (nSPS) is 28.9. The molecule has 2 aromatic heterocycles. The molecular formula is C34H24Br2OS. The van der Waals surface area contributed by atoms with Crippen molar-refractivity contribution in [2.24, 2.45) is 23.7 Å². The van der Waals surface area contributed by atoms with Gasteiger partial charge in [0.25, 0.3) is 0 Å². The van der Waals surface area contributed by atoms with Crippen LogP contribution in [-0.2, 0) is 5.41 Å². The average molecular weight is 640 g/mol. The molecule has 5 aliphatic carbocycles. The lowest BCUT2D eigenvalue weighted by atomic mass is 9.43. The Labute approximate surface area is 241 Å². The largest absolute Gasteiger partial charge is 0.455 e. The minimum Gasteiger partial charge on any atom is -0.455 e. The maximum atomic E-state index is 6.84. The molecule has 4 bridgehead atoms. The van der Waals surface area contributed by atoms with Crippen LogP contribution >= 0.6 is 43.2 Å². The van der Waals surface area contributed by atoms with Crippen LogP contribution in [0.25, 0.3) is 53.2 Å². The zero-order valence-electron chi connectivity index (χ0n) is 20.7. The molecule has 4 heteroatoms. The molecule has 4 aromatic carbocycles.